The summed E-state index contributed by atoms with van der Waals surface area (Å²) in [7, 11) is 0. The predicted octanol–water partition coefficient (Wildman–Crippen LogP) is 3.81. The average molecular weight is 218 g/mol. The maximum absolute atomic E-state index is 8.35. The van der Waals surface area contributed by atoms with E-state index in [1.165, 1.54) is 17.4 Å². The second kappa shape index (κ2) is 3.95. The molecule has 0 saturated carbocycles. The molecule has 1 rings (SSSR count). The van der Waals surface area contributed by atoms with Gasteiger partial charge < -0.3 is 0 Å². The number of rotatable bonds is 1. The van der Waals surface area contributed by atoms with Gasteiger partial charge in [-0.25, -0.2) is 0 Å². The summed E-state index contributed by atoms with van der Waals surface area (Å²) in [5, 5.41) is 11.3. The lowest BCUT2D eigenvalue weighted by atomic mass is 10.3. The van der Waals surface area contributed by atoms with Crippen LogP contribution in [0.25, 0.3) is 5.03 Å². The molecule has 12 heavy (non-hydrogen) atoms. The van der Waals surface area contributed by atoms with Gasteiger partial charge in [0.25, 0.3) is 0 Å². The zero-order valence-electron chi connectivity index (χ0n) is 6.27. The van der Waals surface area contributed by atoms with Gasteiger partial charge in [0.1, 0.15) is 0 Å². The third-order valence-electron chi connectivity index (χ3n) is 1.31. The minimum Gasteiger partial charge on any atom is -0.193 e. The van der Waals surface area contributed by atoms with E-state index < -0.39 is 0 Å². The van der Waals surface area contributed by atoms with Gasteiger partial charge in [-0.2, -0.15) is 5.26 Å². The van der Waals surface area contributed by atoms with Crippen molar-refractivity contribution >= 4 is 39.6 Å². The summed E-state index contributed by atoms with van der Waals surface area (Å²) < 4.78 is 0. The van der Waals surface area contributed by atoms with E-state index >= 15 is 0 Å². The van der Waals surface area contributed by atoms with E-state index in [4.69, 9.17) is 28.5 Å². The molecule has 1 aromatic heterocycles. The van der Waals surface area contributed by atoms with Crippen LogP contribution in [0.15, 0.2) is 11.5 Å². The molecule has 1 aromatic rings. The first-order chi connectivity index (χ1) is 5.66. The lowest BCUT2D eigenvalue weighted by Gasteiger charge is -1.92. The number of hydrogen-bond donors (Lipinski definition) is 0. The minimum absolute atomic E-state index is 0.403. The Morgan fingerprint density at radius 2 is 2.42 bits per heavy atom. The van der Waals surface area contributed by atoms with Gasteiger partial charge in [0.2, 0.25) is 0 Å². The molecule has 0 spiro atoms. The predicted molar refractivity (Wildman–Crippen MR) is 53.5 cm³/mol. The summed E-state index contributed by atoms with van der Waals surface area (Å²) in [5.74, 6) is 0. The molecule has 0 aliphatic rings. The molecular weight excluding hydrogens is 213 g/mol. The highest BCUT2D eigenvalue weighted by molar-refractivity contribution is 7.12. The van der Waals surface area contributed by atoms with Crippen LogP contribution in [0.1, 0.15) is 10.4 Å². The molecule has 1 nitrogen and oxygen atoms in total. The van der Waals surface area contributed by atoms with Gasteiger partial charge in [0, 0.05) is 6.08 Å². The van der Waals surface area contributed by atoms with Gasteiger partial charge in [0.15, 0.2) is 0 Å². The number of aryl methyl sites for hydroxylation is 1. The maximum Gasteiger partial charge on any atom is 0.0928 e. The van der Waals surface area contributed by atoms with Crippen molar-refractivity contribution in [1.29, 1.82) is 5.26 Å². The molecule has 0 aromatic carbocycles. The van der Waals surface area contributed by atoms with E-state index in [-0.39, 0.29) is 0 Å². The van der Waals surface area contributed by atoms with E-state index in [1.807, 2.05) is 18.4 Å². The summed E-state index contributed by atoms with van der Waals surface area (Å²) in [6.07, 6.45) is 1.28. The molecule has 0 aliphatic carbocycles. The average Bonchev–Trinajstić information content (AvgIpc) is 2.34. The third-order valence-corrected chi connectivity index (χ3v) is 3.45. The first-order valence-electron chi connectivity index (χ1n) is 3.16. The lowest BCUT2D eigenvalue weighted by Crippen LogP contribution is -1.71. The molecule has 0 unspecified atom stereocenters. The van der Waals surface area contributed by atoms with Crippen molar-refractivity contribution in [1.82, 2.24) is 0 Å². The molecule has 1 heterocycles. The standard InChI is InChI=1S/C8H5Cl2NS/c1-5-4-12-8(7(5)10)6(9)2-3-11/h2,4H,1H3. The van der Waals surface area contributed by atoms with Crippen LogP contribution in [0.4, 0.5) is 0 Å². The molecule has 4 heteroatoms. The van der Waals surface area contributed by atoms with E-state index in [9.17, 15) is 0 Å². The lowest BCUT2D eigenvalue weighted by molar-refractivity contribution is 1.53. The SMILES string of the molecule is Cc1csc(C(Cl)=CC#N)c1Cl. The minimum atomic E-state index is 0.403. The molecule has 0 N–H and O–H groups in total. The molecule has 0 radical (unpaired) electrons. The van der Waals surface area contributed by atoms with Crippen molar-refractivity contribution in [3.05, 3.63) is 26.9 Å². The highest BCUT2D eigenvalue weighted by Crippen LogP contribution is 2.34. The number of nitriles is 1. The van der Waals surface area contributed by atoms with Crippen molar-refractivity contribution in [2.24, 2.45) is 0 Å². The smallest absolute Gasteiger partial charge is 0.0928 e. The molecule has 62 valence electrons. The Bertz CT molecular complexity index is 360. The van der Waals surface area contributed by atoms with Gasteiger partial charge in [-0.15, -0.1) is 11.3 Å². The number of hydrogen-bond acceptors (Lipinski definition) is 2. The molecule has 0 fully saturated rings. The normalized spacial score (nSPS) is 11.3. The van der Waals surface area contributed by atoms with Crippen LogP contribution in [0, 0.1) is 18.3 Å². The van der Waals surface area contributed by atoms with Crippen LogP contribution in [0.2, 0.25) is 5.02 Å². The Kier molecular flexibility index (Phi) is 3.16. The van der Waals surface area contributed by atoms with Crippen LogP contribution >= 0.6 is 34.5 Å². The second-order valence-corrected chi connectivity index (χ2v) is 3.85. The van der Waals surface area contributed by atoms with Gasteiger partial charge in [0.05, 0.1) is 21.0 Å². The van der Waals surface area contributed by atoms with E-state index in [1.54, 1.807) is 0 Å². The first kappa shape index (κ1) is 9.60. The van der Waals surface area contributed by atoms with Crippen molar-refractivity contribution in [2.75, 3.05) is 0 Å². The zero-order chi connectivity index (χ0) is 9.14. The van der Waals surface area contributed by atoms with Crippen LogP contribution in [-0.4, -0.2) is 0 Å². The largest absolute Gasteiger partial charge is 0.193 e. The Labute approximate surface area is 84.8 Å². The molecule has 0 amide bonds. The quantitative estimate of drug-likeness (QED) is 0.657. The van der Waals surface area contributed by atoms with E-state index in [0.29, 0.717) is 10.1 Å². The fourth-order valence-corrected chi connectivity index (χ4v) is 2.24. The molecule has 0 saturated heterocycles. The number of thiophene rings is 1. The fourth-order valence-electron chi connectivity index (χ4n) is 0.713. The van der Waals surface area contributed by atoms with Crippen molar-refractivity contribution in [3.8, 4) is 6.07 Å². The van der Waals surface area contributed by atoms with Crippen molar-refractivity contribution < 1.29 is 0 Å². The van der Waals surface area contributed by atoms with Crippen LogP contribution in [-0.2, 0) is 0 Å². The molecule has 0 atom stereocenters. The molecule has 0 aliphatic heterocycles. The monoisotopic (exact) mass is 217 g/mol. The summed E-state index contributed by atoms with van der Waals surface area (Å²) >= 11 is 13.1. The summed E-state index contributed by atoms with van der Waals surface area (Å²) in [5.41, 5.74) is 0.987. The van der Waals surface area contributed by atoms with E-state index in [2.05, 4.69) is 0 Å². The number of nitrogens with zero attached hydrogens (tertiary/aromatic N) is 1. The summed E-state index contributed by atoms with van der Waals surface area (Å²) in [4.78, 5) is 0.761. The number of allylic oxidation sites excluding steroid dienone is 1. The zero-order valence-corrected chi connectivity index (χ0v) is 8.59. The number of halogens is 2. The highest BCUT2D eigenvalue weighted by atomic mass is 35.5. The van der Waals surface area contributed by atoms with Gasteiger partial charge in [-0.05, 0) is 17.9 Å². The second-order valence-electron chi connectivity index (χ2n) is 2.18. The Morgan fingerprint density at radius 3 is 2.83 bits per heavy atom. The highest BCUT2D eigenvalue weighted by Gasteiger charge is 2.08. The third kappa shape index (κ3) is 1.81. The molecular formula is C8H5Cl2NS. The first-order valence-corrected chi connectivity index (χ1v) is 4.79. The topological polar surface area (TPSA) is 23.8 Å². The van der Waals surface area contributed by atoms with Gasteiger partial charge in [-0.1, -0.05) is 23.2 Å². The summed E-state index contributed by atoms with van der Waals surface area (Å²) in [6, 6.07) is 1.86. The Balaban J connectivity index is 3.14. The maximum atomic E-state index is 8.35. The summed E-state index contributed by atoms with van der Waals surface area (Å²) in [6.45, 7) is 1.90. The van der Waals surface area contributed by atoms with Gasteiger partial charge in [-0.3, -0.25) is 0 Å². The van der Waals surface area contributed by atoms with Crippen molar-refractivity contribution in [2.45, 2.75) is 6.92 Å². The van der Waals surface area contributed by atoms with Crippen molar-refractivity contribution in [3.63, 3.8) is 0 Å². The van der Waals surface area contributed by atoms with E-state index in [0.717, 1.165) is 10.4 Å². The van der Waals surface area contributed by atoms with Crippen LogP contribution < -0.4 is 0 Å². The fraction of sp³-hybridized carbons (Fsp3) is 0.125. The Morgan fingerprint density at radius 1 is 1.75 bits per heavy atom. The van der Waals surface area contributed by atoms with Crippen LogP contribution in [0.5, 0.6) is 0 Å². The molecule has 0 bridgehead atoms. The van der Waals surface area contributed by atoms with Crippen LogP contribution in [0.3, 0.4) is 0 Å². The van der Waals surface area contributed by atoms with Gasteiger partial charge >= 0.3 is 0 Å². The Hall–Kier alpha value is -0.490.